The van der Waals surface area contributed by atoms with E-state index in [1.807, 2.05) is 0 Å². The minimum absolute atomic E-state index is 0.309. The lowest BCUT2D eigenvalue weighted by Crippen LogP contribution is -2.42. The van der Waals surface area contributed by atoms with Gasteiger partial charge in [0.1, 0.15) is 5.75 Å². The van der Waals surface area contributed by atoms with Gasteiger partial charge in [-0.15, -0.1) is 0 Å². The second-order valence-corrected chi connectivity index (χ2v) is 7.43. The van der Waals surface area contributed by atoms with Gasteiger partial charge in [0.2, 0.25) is 0 Å². The molecule has 0 bridgehead atoms. The van der Waals surface area contributed by atoms with E-state index in [-0.39, 0.29) is 5.91 Å². The van der Waals surface area contributed by atoms with Gasteiger partial charge in [-0.05, 0) is 42.8 Å². The molecule has 8 heteroatoms. The highest BCUT2D eigenvalue weighted by Gasteiger charge is 2.57. The molecule has 142 valence electrons. The molecular formula is C19H16Cl3NO4. The first kappa shape index (κ1) is 18.8. The first-order valence-corrected chi connectivity index (χ1v) is 9.63. The van der Waals surface area contributed by atoms with Crippen molar-refractivity contribution in [3.8, 4) is 5.75 Å². The summed E-state index contributed by atoms with van der Waals surface area (Å²) >= 11 is 18.6. The Morgan fingerprint density at radius 2 is 1.67 bits per heavy atom. The van der Waals surface area contributed by atoms with E-state index in [1.165, 1.54) is 0 Å². The Labute approximate surface area is 171 Å². The van der Waals surface area contributed by atoms with E-state index >= 15 is 0 Å². The molecule has 1 spiro atoms. The van der Waals surface area contributed by atoms with Crippen LogP contribution in [0.3, 0.4) is 0 Å². The van der Waals surface area contributed by atoms with Crippen LogP contribution in [0.15, 0.2) is 36.4 Å². The van der Waals surface area contributed by atoms with Crippen LogP contribution in [0, 0.1) is 0 Å². The standard InChI is InChI=1S/C19H16Cl3NO4/c20-12-2-4-13(5-3-12)25-9-1-8-23-17-15(22)7-6-14(21)16(17)19(18(23)24)26-10-11-27-19/h2-7H,1,8-11H2. The van der Waals surface area contributed by atoms with E-state index in [0.29, 0.717) is 64.9 Å². The van der Waals surface area contributed by atoms with Crippen molar-refractivity contribution >= 4 is 46.4 Å². The van der Waals surface area contributed by atoms with Crippen molar-refractivity contribution in [2.75, 3.05) is 31.3 Å². The first-order valence-electron chi connectivity index (χ1n) is 8.49. The summed E-state index contributed by atoms with van der Waals surface area (Å²) < 4.78 is 17.1. The average molecular weight is 429 g/mol. The number of ether oxygens (including phenoxy) is 3. The van der Waals surface area contributed by atoms with Gasteiger partial charge in [-0.1, -0.05) is 34.8 Å². The molecule has 2 aromatic rings. The molecule has 2 aliphatic heterocycles. The van der Waals surface area contributed by atoms with Gasteiger partial charge in [0.05, 0.1) is 41.1 Å². The molecule has 4 rings (SSSR count). The second-order valence-electron chi connectivity index (χ2n) is 6.18. The number of anilines is 1. The molecule has 0 N–H and O–H groups in total. The molecule has 1 amide bonds. The average Bonchev–Trinajstić information content (AvgIpc) is 3.24. The van der Waals surface area contributed by atoms with E-state index in [1.54, 1.807) is 41.3 Å². The minimum atomic E-state index is -1.49. The van der Waals surface area contributed by atoms with E-state index in [0.717, 1.165) is 0 Å². The lowest BCUT2D eigenvalue weighted by atomic mass is 10.1. The Kier molecular flexibility index (Phi) is 5.23. The second kappa shape index (κ2) is 7.49. The normalized spacial score (nSPS) is 17.6. The van der Waals surface area contributed by atoms with Crippen molar-refractivity contribution in [1.82, 2.24) is 0 Å². The smallest absolute Gasteiger partial charge is 0.292 e. The number of hydrogen-bond acceptors (Lipinski definition) is 4. The van der Waals surface area contributed by atoms with Crippen LogP contribution < -0.4 is 9.64 Å². The van der Waals surface area contributed by atoms with Crippen LogP contribution in [-0.2, 0) is 20.1 Å². The zero-order valence-electron chi connectivity index (χ0n) is 14.2. The van der Waals surface area contributed by atoms with Gasteiger partial charge >= 0.3 is 0 Å². The Morgan fingerprint density at radius 1 is 1.00 bits per heavy atom. The molecule has 2 aromatic carbocycles. The van der Waals surface area contributed by atoms with Crippen molar-refractivity contribution in [3.05, 3.63) is 57.0 Å². The summed E-state index contributed by atoms with van der Waals surface area (Å²) in [7, 11) is 0. The number of carbonyl (C=O) groups excluding carboxylic acids is 1. The Morgan fingerprint density at radius 3 is 2.37 bits per heavy atom. The van der Waals surface area contributed by atoms with Crippen LogP contribution in [0.5, 0.6) is 5.75 Å². The number of carbonyl (C=O) groups is 1. The highest BCUT2D eigenvalue weighted by Crippen LogP contribution is 2.51. The van der Waals surface area contributed by atoms with Crippen LogP contribution in [0.4, 0.5) is 5.69 Å². The third kappa shape index (κ3) is 3.28. The summed E-state index contributed by atoms with van der Waals surface area (Å²) in [5.41, 5.74) is 1.03. The van der Waals surface area contributed by atoms with Crippen molar-refractivity contribution in [2.24, 2.45) is 0 Å². The molecule has 0 aliphatic carbocycles. The van der Waals surface area contributed by atoms with Crippen LogP contribution in [0.25, 0.3) is 0 Å². The summed E-state index contributed by atoms with van der Waals surface area (Å²) in [6.45, 7) is 1.46. The molecule has 5 nitrogen and oxygen atoms in total. The SMILES string of the molecule is O=C1N(CCCOc2ccc(Cl)cc2)c2c(Cl)ccc(Cl)c2C12OCCO2. The maximum absolute atomic E-state index is 13.1. The molecule has 0 radical (unpaired) electrons. The van der Waals surface area contributed by atoms with E-state index in [2.05, 4.69) is 0 Å². The number of fused-ring (bicyclic) bond motifs is 2. The topological polar surface area (TPSA) is 48.0 Å². The quantitative estimate of drug-likeness (QED) is 0.650. The van der Waals surface area contributed by atoms with Gasteiger partial charge in [0, 0.05) is 11.6 Å². The molecule has 27 heavy (non-hydrogen) atoms. The van der Waals surface area contributed by atoms with Crippen LogP contribution in [-0.4, -0.2) is 32.3 Å². The van der Waals surface area contributed by atoms with Gasteiger partial charge in [0.25, 0.3) is 11.7 Å². The monoisotopic (exact) mass is 427 g/mol. The van der Waals surface area contributed by atoms with E-state index in [9.17, 15) is 4.79 Å². The zero-order chi connectivity index (χ0) is 19.0. The largest absolute Gasteiger partial charge is 0.494 e. The highest BCUT2D eigenvalue weighted by atomic mass is 35.5. The zero-order valence-corrected chi connectivity index (χ0v) is 16.5. The molecule has 0 aromatic heterocycles. The summed E-state index contributed by atoms with van der Waals surface area (Å²) in [6.07, 6.45) is 0.590. The summed E-state index contributed by atoms with van der Waals surface area (Å²) in [6, 6.07) is 10.4. The molecule has 2 aliphatic rings. The van der Waals surface area contributed by atoms with Gasteiger partial charge in [-0.25, -0.2) is 0 Å². The van der Waals surface area contributed by atoms with Crippen molar-refractivity contribution < 1.29 is 19.0 Å². The maximum Gasteiger partial charge on any atom is 0.292 e. The Balaban J connectivity index is 1.51. The van der Waals surface area contributed by atoms with Gasteiger partial charge in [0.15, 0.2) is 0 Å². The fraction of sp³-hybridized carbons (Fsp3) is 0.316. The van der Waals surface area contributed by atoms with Gasteiger partial charge in [-0.3, -0.25) is 4.79 Å². The van der Waals surface area contributed by atoms with Gasteiger partial charge in [-0.2, -0.15) is 0 Å². The summed E-state index contributed by atoms with van der Waals surface area (Å²) in [5.74, 6) is -1.09. The first-order chi connectivity index (χ1) is 13.0. The fourth-order valence-electron chi connectivity index (χ4n) is 3.34. The molecule has 0 saturated carbocycles. The fourth-order valence-corrected chi connectivity index (χ4v) is 4.00. The Hall–Kier alpha value is -1.50. The van der Waals surface area contributed by atoms with E-state index < -0.39 is 5.79 Å². The molecule has 1 saturated heterocycles. The lowest BCUT2D eigenvalue weighted by Gasteiger charge is -2.22. The highest BCUT2D eigenvalue weighted by molar-refractivity contribution is 6.38. The molecule has 2 heterocycles. The van der Waals surface area contributed by atoms with Crippen LogP contribution in [0.2, 0.25) is 15.1 Å². The van der Waals surface area contributed by atoms with E-state index in [4.69, 9.17) is 49.0 Å². The number of benzene rings is 2. The molecule has 0 unspecified atom stereocenters. The number of hydrogen-bond donors (Lipinski definition) is 0. The molecule has 0 atom stereocenters. The maximum atomic E-state index is 13.1. The summed E-state index contributed by atoms with van der Waals surface area (Å²) in [4.78, 5) is 14.7. The third-order valence-electron chi connectivity index (χ3n) is 4.51. The van der Waals surface area contributed by atoms with Crippen LogP contribution >= 0.6 is 34.8 Å². The van der Waals surface area contributed by atoms with Crippen molar-refractivity contribution in [3.63, 3.8) is 0 Å². The minimum Gasteiger partial charge on any atom is -0.494 e. The molecule has 1 fully saturated rings. The van der Waals surface area contributed by atoms with Crippen molar-refractivity contribution in [1.29, 1.82) is 0 Å². The third-order valence-corrected chi connectivity index (χ3v) is 5.38. The Bertz CT molecular complexity index is 866. The predicted octanol–water partition coefficient (Wildman–Crippen LogP) is 4.66. The number of nitrogens with zero attached hydrogens (tertiary/aromatic N) is 1. The van der Waals surface area contributed by atoms with Crippen LogP contribution in [0.1, 0.15) is 12.0 Å². The number of amides is 1. The number of rotatable bonds is 5. The van der Waals surface area contributed by atoms with Gasteiger partial charge < -0.3 is 19.1 Å². The van der Waals surface area contributed by atoms with Crippen molar-refractivity contribution in [2.45, 2.75) is 12.2 Å². The summed E-state index contributed by atoms with van der Waals surface area (Å²) in [5, 5.41) is 1.47. The number of halogens is 3. The predicted molar refractivity (Wildman–Crippen MR) is 104 cm³/mol. The lowest BCUT2D eigenvalue weighted by molar-refractivity contribution is -0.180. The molecular weight excluding hydrogens is 413 g/mol.